The maximum absolute atomic E-state index is 13.1. The summed E-state index contributed by atoms with van der Waals surface area (Å²) in [6.45, 7) is 0.476. The minimum absolute atomic E-state index is 0.293. The summed E-state index contributed by atoms with van der Waals surface area (Å²) in [4.78, 5) is 11.9. The molecule has 5 heteroatoms. The molecular weight excluding hydrogens is 345 g/mol. The molecule has 0 aliphatic carbocycles. The normalized spacial score (nSPS) is 10.3. The number of hydrogen-bond donors (Lipinski definition) is 1. The molecule has 1 N–H and O–H groups in total. The topological polar surface area (TPSA) is 29.1 Å². The Labute approximate surface area is 130 Å². The van der Waals surface area contributed by atoms with Gasteiger partial charge in [-0.15, -0.1) is 0 Å². The zero-order valence-electron chi connectivity index (χ0n) is 10.5. The monoisotopic (exact) mass is 355 g/mol. The van der Waals surface area contributed by atoms with Gasteiger partial charge in [0.2, 0.25) is 0 Å². The SMILES string of the molecule is O=C(NCCc1ccc(Cl)cc1)c1cc(F)ccc1Br. The lowest BCUT2D eigenvalue weighted by molar-refractivity contribution is 0.0953. The van der Waals surface area contributed by atoms with Gasteiger partial charge in [0.15, 0.2) is 0 Å². The van der Waals surface area contributed by atoms with Crippen molar-refractivity contribution >= 4 is 33.4 Å². The predicted octanol–water partition coefficient (Wildman–Crippen LogP) is 4.21. The van der Waals surface area contributed by atoms with Crippen LogP contribution in [-0.2, 0) is 6.42 Å². The fourth-order valence-electron chi connectivity index (χ4n) is 1.74. The molecule has 0 unspecified atom stereocenters. The van der Waals surface area contributed by atoms with E-state index in [1.54, 1.807) is 0 Å². The lowest BCUT2D eigenvalue weighted by atomic mass is 10.1. The number of halogens is 3. The zero-order valence-corrected chi connectivity index (χ0v) is 12.8. The van der Waals surface area contributed by atoms with E-state index in [1.165, 1.54) is 18.2 Å². The van der Waals surface area contributed by atoms with Crippen molar-refractivity contribution in [3.8, 4) is 0 Å². The number of amides is 1. The number of carbonyl (C=O) groups excluding carboxylic acids is 1. The molecule has 2 aromatic carbocycles. The van der Waals surface area contributed by atoms with Gasteiger partial charge in [0.1, 0.15) is 5.82 Å². The van der Waals surface area contributed by atoms with Gasteiger partial charge in [0.25, 0.3) is 5.91 Å². The van der Waals surface area contributed by atoms with Gasteiger partial charge in [0, 0.05) is 16.0 Å². The third-order valence-corrected chi connectivity index (χ3v) is 3.73. The van der Waals surface area contributed by atoms with Crippen molar-refractivity contribution in [2.24, 2.45) is 0 Å². The fourth-order valence-corrected chi connectivity index (χ4v) is 2.29. The van der Waals surface area contributed by atoms with Gasteiger partial charge in [0.05, 0.1) is 5.56 Å². The van der Waals surface area contributed by atoms with Crippen LogP contribution in [0.4, 0.5) is 4.39 Å². The van der Waals surface area contributed by atoms with Crippen LogP contribution in [0.2, 0.25) is 5.02 Å². The van der Waals surface area contributed by atoms with Gasteiger partial charge in [-0.25, -0.2) is 4.39 Å². The van der Waals surface area contributed by atoms with Gasteiger partial charge in [-0.2, -0.15) is 0 Å². The Morgan fingerprint density at radius 3 is 2.60 bits per heavy atom. The molecule has 0 aliphatic heterocycles. The van der Waals surface area contributed by atoms with Crippen LogP contribution in [0.1, 0.15) is 15.9 Å². The van der Waals surface area contributed by atoms with Crippen LogP contribution in [0.15, 0.2) is 46.9 Å². The summed E-state index contributed by atoms with van der Waals surface area (Å²) in [5.41, 5.74) is 1.37. The second-order valence-corrected chi connectivity index (χ2v) is 5.55. The summed E-state index contributed by atoms with van der Waals surface area (Å²) in [7, 11) is 0. The van der Waals surface area contributed by atoms with E-state index in [0.29, 0.717) is 28.0 Å². The molecule has 0 bridgehead atoms. The van der Waals surface area contributed by atoms with Crippen LogP contribution in [0.3, 0.4) is 0 Å². The van der Waals surface area contributed by atoms with Crippen molar-refractivity contribution in [3.63, 3.8) is 0 Å². The number of benzene rings is 2. The highest BCUT2D eigenvalue weighted by molar-refractivity contribution is 9.10. The summed E-state index contributed by atoms with van der Waals surface area (Å²) in [6, 6.07) is 11.5. The molecule has 104 valence electrons. The van der Waals surface area contributed by atoms with E-state index in [0.717, 1.165) is 5.56 Å². The Bertz CT molecular complexity index is 616. The Morgan fingerprint density at radius 2 is 1.90 bits per heavy atom. The summed E-state index contributed by atoms with van der Waals surface area (Å²) in [6.07, 6.45) is 0.690. The maximum Gasteiger partial charge on any atom is 0.252 e. The first-order valence-electron chi connectivity index (χ1n) is 6.04. The van der Waals surface area contributed by atoms with E-state index < -0.39 is 5.82 Å². The zero-order chi connectivity index (χ0) is 14.5. The number of rotatable bonds is 4. The van der Waals surface area contributed by atoms with Gasteiger partial charge in [-0.3, -0.25) is 4.79 Å². The molecule has 0 saturated heterocycles. The first-order valence-corrected chi connectivity index (χ1v) is 7.21. The molecule has 0 spiro atoms. The van der Waals surface area contributed by atoms with Crippen molar-refractivity contribution in [3.05, 3.63) is 68.9 Å². The van der Waals surface area contributed by atoms with E-state index in [1.807, 2.05) is 24.3 Å². The van der Waals surface area contributed by atoms with Gasteiger partial charge in [-0.1, -0.05) is 23.7 Å². The van der Waals surface area contributed by atoms with E-state index in [2.05, 4.69) is 21.2 Å². The molecule has 2 nitrogen and oxygen atoms in total. The van der Waals surface area contributed by atoms with Gasteiger partial charge >= 0.3 is 0 Å². The van der Waals surface area contributed by atoms with E-state index in [-0.39, 0.29) is 5.91 Å². The van der Waals surface area contributed by atoms with Crippen molar-refractivity contribution in [2.75, 3.05) is 6.54 Å². The number of carbonyl (C=O) groups is 1. The summed E-state index contributed by atoms with van der Waals surface area (Å²) >= 11 is 9.03. The third-order valence-electron chi connectivity index (χ3n) is 2.79. The molecule has 0 fully saturated rings. The summed E-state index contributed by atoms with van der Waals surface area (Å²) in [5, 5.41) is 3.44. The van der Waals surface area contributed by atoms with Crippen molar-refractivity contribution < 1.29 is 9.18 Å². The summed E-state index contributed by atoms with van der Waals surface area (Å²) < 4.78 is 13.7. The van der Waals surface area contributed by atoms with Crippen LogP contribution in [0, 0.1) is 5.82 Å². The molecule has 1 amide bonds. The Morgan fingerprint density at radius 1 is 1.20 bits per heavy atom. The molecule has 0 atom stereocenters. The first kappa shape index (κ1) is 15.0. The van der Waals surface area contributed by atoms with Crippen LogP contribution in [0.5, 0.6) is 0 Å². The molecule has 0 radical (unpaired) electrons. The molecule has 2 rings (SSSR count). The van der Waals surface area contributed by atoms with Crippen LogP contribution < -0.4 is 5.32 Å². The smallest absolute Gasteiger partial charge is 0.252 e. The highest BCUT2D eigenvalue weighted by atomic mass is 79.9. The Kier molecular flexibility index (Phi) is 5.15. The largest absolute Gasteiger partial charge is 0.352 e. The van der Waals surface area contributed by atoms with Crippen molar-refractivity contribution in [2.45, 2.75) is 6.42 Å². The molecule has 0 saturated carbocycles. The van der Waals surface area contributed by atoms with E-state index in [4.69, 9.17) is 11.6 Å². The number of hydrogen-bond acceptors (Lipinski definition) is 1. The molecule has 0 aromatic heterocycles. The van der Waals surface area contributed by atoms with Crippen LogP contribution in [0.25, 0.3) is 0 Å². The fraction of sp³-hybridized carbons (Fsp3) is 0.133. The third kappa shape index (κ3) is 4.05. The quantitative estimate of drug-likeness (QED) is 0.873. The second-order valence-electron chi connectivity index (χ2n) is 4.26. The maximum atomic E-state index is 13.1. The van der Waals surface area contributed by atoms with Gasteiger partial charge in [-0.05, 0) is 58.2 Å². The summed E-state index contributed by atoms with van der Waals surface area (Å²) in [5.74, 6) is -0.735. The molecule has 2 aromatic rings. The molecule has 0 aliphatic rings. The highest BCUT2D eigenvalue weighted by Gasteiger charge is 2.10. The standard InChI is InChI=1S/C15H12BrClFNO/c16-14-6-5-12(18)9-13(14)15(20)19-8-7-10-1-3-11(17)4-2-10/h1-6,9H,7-8H2,(H,19,20). The second kappa shape index (κ2) is 6.86. The lowest BCUT2D eigenvalue weighted by Gasteiger charge is -2.07. The van der Waals surface area contributed by atoms with E-state index >= 15 is 0 Å². The van der Waals surface area contributed by atoms with Crippen LogP contribution in [-0.4, -0.2) is 12.5 Å². The first-order chi connectivity index (χ1) is 9.56. The van der Waals surface area contributed by atoms with Crippen molar-refractivity contribution in [1.29, 1.82) is 0 Å². The van der Waals surface area contributed by atoms with Gasteiger partial charge < -0.3 is 5.32 Å². The van der Waals surface area contributed by atoms with Crippen LogP contribution >= 0.6 is 27.5 Å². The Hall–Kier alpha value is -1.39. The Balaban J connectivity index is 1.92. The molecule has 20 heavy (non-hydrogen) atoms. The van der Waals surface area contributed by atoms with Crippen molar-refractivity contribution in [1.82, 2.24) is 5.32 Å². The molecule has 0 heterocycles. The highest BCUT2D eigenvalue weighted by Crippen LogP contribution is 2.17. The lowest BCUT2D eigenvalue weighted by Crippen LogP contribution is -2.26. The average molecular weight is 357 g/mol. The average Bonchev–Trinajstić information content (AvgIpc) is 2.43. The predicted molar refractivity (Wildman–Crippen MR) is 81.6 cm³/mol. The van der Waals surface area contributed by atoms with E-state index in [9.17, 15) is 9.18 Å². The number of nitrogens with one attached hydrogen (secondary N) is 1. The minimum atomic E-state index is -0.434. The minimum Gasteiger partial charge on any atom is -0.352 e. The molecular formula is C15H12BrClFNO.